The van der Waals surface area contributed by atoms with Crippen LogP contribution in [0.2, 0.25) is 0 Å². The van der Waals surface area contributed by atoms with Crippen LogP contribution >= 0.6 is 12.2 Å². The van der Waals surface area contributed by atoms with E-state index in [4.69, 9.17) is 31.2 Å². The summed E-state index contributed by atoms with van der Waals surface area (Å²) in [4.78, 5) is 11.1. The normalized spacial score (nSPS) is 15.9. The third-order valence-electron chi connectivity index (χ3n) is 5.37. The van der Waals surface area contributed by atoms with E-state index in [2.05, 4.69) is 34.0 Å². The highest BCUT2D eigenvalue weighted by atomic mass is 32.1. The molecule has 0 bridgehead atoms. The van der Waals surface area contributed by atoms with Crippen LogP contribution in [0.1, 0.15) is 36.8 Å². The third-order valence-corrected chi connectivity index (χ3v) is 5.77. The van der Waals surface area contributed by atoms with Crippen molar-refractivity contribution >= 4 is 17.3 Å². The first-order chi connectivity index (χ1) is 15.9. The predicted molar refractivity (Wildman–Crippen MR) is 132 cm³/mol. The van der Waals surface area contributed by atoms with Crippen molar-refractivity contribution in [2.75, 3.05) is 47.1 Å². The zero-order valence-electron chi connectivity index (χ0n) is 20.1. The summed E-state index contributed by atoms with van der Waals surface area (Å²) in [6.07, 6.45) is 0.678. The summed E-state index contributed by atoms with van der Waals surface area (Å²) in [7, 11) is 3.33. The molecule has 0 amide bonds. The van der Waals surface area contributed by atoms with Gasteiger partial charge in [-0.2, -0.15) is 4.98 Å². The number of aryl methyl sites for hydroxylation is 1. The van der Waals surface area contributed by atoms with E-state index in [0.717, 1.165) is 41.5 Å². The topological polar surface area (TPSA) is 78.0 Å². The number of hydrogen-bond acceptors (Lipinski definition) is 7. The number of ether oxygens (including phenoxy) is 4. The Morgan fingerprint density at radius 1 is 1.24 bits per heavy atom. The second-order valence-corrected chi connectivity index (χ2v) is 8.66. The Morgan fingerprint density at radius 3 is 2.79 bits per heavy atom. The van der Waals surface area contributed by atoms with Crippen LogP contribution in [0, 0.1) is 6.92 Å². The van der Waals surface area contributed by atoms with Gasteiger partial charge in [0.2, 0.25) is 5.88 Å². The Bertz CT molecular complexity index is 941. The fraction of sp³-hybridized carbons (Fsp3) is 0.542. The highest BCUT2D eigenvalue weighted by Gasteiger charge is 2.23. The Labute approximate surface area is 201 Å². The van der Waals surface area contributed by atoms with Crippen LogP contribution in [0.25, 0.3) is 0 Å². The molecule has 0 aliphatic carbocycles. The number of rotatable bonds is 9. The van der Waals surface area contributed by atoms with Gasteiger partial charge in [-0.1, -0.05) is 13.8 Å². The van der Waals surface area contributed by atoms with Crippen LogP contribution in [-0.4, -0.2) is 73.2 Å². The Kier molecular flexibility index (Phi) is 9.08. The van der Waals surface area contributed by atoms with Gasteiger partial charge in [0.25, 0.3) is 0 Å². The highest BCUT2D eigenvalue weighted by Crippen LogP contribution is 2.24. The summed E-state index contributed by atoms with van der Waals surface area (Å²) in [5.74, 6) is 3.26. The first-order valence-electron chi connectivity index (χ1n) is 11.2. The first-order valence-corrected chi connectivity index (χ1v) is 11.6. The summed E-state index contributed by atoms with van der Waals surface area (Å²) in [6.45, 7) is 9.19. The van der Waals surface area contributed by atoms with Crippen molar-refractivity contribution in [3.05, 3.63) is 41.3 Å². The lowest BCUT2D eigenvalue weighted by molar-refractivity contribution is -0.0295. The lowest BCUT2D eigenvalue weighted by Crippen LogP contribution is -2.51. The number of nitrogens with zero attached hydrogens (tertiary/aromatic N) is 3. The molecule has 1 unspecified atom stereocenters. The van der Waals surface area contributed by atoms with Crippen LogP contribution in [0.15, 0.2) is 24.3 Å². The van der Waals surface area contributed by atoms with Crippen LogP contribution in [0.5, 0.6) is 17.4 Å². The maximum absolute atomic E-state index is 5.94. The molecule has 8 nitrogen and oxygen atoms in total. The van der Waals surface area contributed by atoms with Crippen LogP contribution in [0.3, 0.4) is 0 Å². The SMILES string of the molecule is COc1ccc(OC)c(CCNC(=S)N2CCOC(COc3cc(C)nc(C(C)C)n3)C2)c1. The number of benzene rings is 1. The molecule has 1 saturated heterocycles. The Morgan fingerprint density at radius 2 is 2.06 bits per heavy atom. The van der Waals surface area contributed by atoms with Crippen LogP contribution in [-0.2, 0) is 11.2 Å². The van der Waals surface area contributed by atoms with E-state index in [1.807, 2.05) is 31.2 Å². The molecule has 1 aliphatic rings. The lowest BCUT2D eigenvalue weighted by Gasteiger charge is -2.34. The van der Waals surface area contributed by atoms with Gasteiger partial charge in [-0.15, -0.1) is 0 Å². The Hall–Kier alpha value is -2.65. The van der Waals surface area contributed by atoms with Gasteiger partial charge in [0.05, 0.1) is 20.8 Å². The van der Waals surface area contributed by atoms with Crippen molar-refractivity contribution in [2.24, 2.45) is 0 Å². The lowest BCUT2D eigenvalue weighted by atomic mass is 10.1. The van der Waals surface area contributed by atoms with E-state index < -0.39 is 0 Å². The minimum Gasteiger partial charge on any atom is -0.497 e. The average molecular weight is 475 g/mol. The molecule has 1 aromatic heterocycles. The van der Waals surface area contributed by atoms with Gasteiger partial charge in [0.1, 0.15) is 30.0 Å². The fourth-order valence-electron chi connectivity index (χ4n) is 3.57. The van der Waals surface area contributed by atoms with Gasteiger partial charge in [0.15, 0.2) is 5.11 Å². The zero-order valence-corrected chi connectivity index (χ0v) is 20.9. The second-order valence-electron chi connectivity index (χ2n) is 8.27. The molecule has 1 aromatic carbocycles. The number of methoxy groups -OCH3 is 2. The van der Waals surface area contributed by atoms with Gasteiger partial charge in [0, 0.05) is 37.3 Å². The minimum absolute atomic E-state index is 0.0882. The maximum atomic E-state index is 5.94. The molecule has 0 saturated carbocycles. The number of nitrogens with one attached hydrogen (secondary N) is 1. The van der Waals surface area contributed by atoms with Gasteiger partial charge < -0.3 is 29.2 Å². The molecule has 1 aliphatic heterocycles. The van der Waals surface area contributed by atoms with E-state index in [1.165, 1.54) is 0 Å². The highest BCUT2D eigenvalue weighted by molar-refractivity contribution is 7.80. The van der Waals surface area contributed by atoms with Crippen molar-refractivity contribution in [2.45, 2.75) is 39.2 Å². The Balaban J connectivity index is 1.49. The molecule has 3 rings (SSSR count). The monoisotopic (exact) mass is 474 g/mol. The number of hydrogen-bond donors (Lipinski definition) is 1. The van der Waals surface area contributed by atoms with Crippen molar-refractivity contribution in [3.63, 3.8) is 0 Å². The summed E-state index contributed by atoms with van der Waals surface area (Å²) in [5.41, 5.74) is 1.97. The molecular weight excluding hydrogens is 440 g/mol. The number of aromatic nitrogens is 2. The zero-order chi connectivity index (χ0) is 23.8. The molecule has 2 heterocycles. The van der Waals surface area contributed by atoms with Gasteiger partial charge in [-0.3, -0.25) is 0 Å². The summed E-state index contributed by atoms with van der Waals surface area (Å²) in [5, 5.41) is 4.07. The van der Waals surface area contributed by atoms with Gasteiger partial charge >= 0.3 is 0 Å². The maximum Gasteiger partial charge on any atom is 0.216 e. The van der Waals surface area contributed by atoms with E-state index in [1.54, 1.807) is 14.2 Å². The van der Waals surface area contributed by atoms with Crippen molar-refractivity contribution < 1.29 is 18.9 Å². The molecule has 180 valence electrons. The second kappa shape index (κ2) is 12.0. The summed E-state index contributed by atoms with van der Waals surface area (Å²) >= 11 is 5.63. The van der Waals surface area contributed by atoms with Crippen molar-refractivity contribution in [3.8, 4) is 17.4 Å². The molecule has 9 heteroatoms. The smallest absolute Gasteiger partial charge is 0.216 e. The van der Waals surface area contributed by atoms with Crippen molar-refractivity contribution in [1.29, 1.82) is 0 Å². The van der Waals surface area contributed by atoms with Crippen LogP contribution in [0.4, 0.5) is 0 Å². The molecule has 2 aromatic rings. The van der Waals surface area contributed by atoms with E-state index >= 15 is 0 Å². The summed E-state index contributed by atoms with van der Waals surface area (Å²) < 4.78 is 22.6. The molecule has 1 atom stereocenters. The minimum atomic E-state index is -0.0882. The predicted octanol–water partition coefficient (Wildman–Crippen LogP) is 3.12. The van der Waals surface area contributed by atoms with Crippen molar-refractivity contribution in [1.82, 2.24) is 20.2 Å². The van der Waals surface area contributed by atoms with E-state index in [0.29, 0.717) is 37.3 Å². The van der Waals surface area contributed by atoms with Crippen LogP contribution < -0.4 is 19.5 Å². The largest absolute Gasteiger partial charge is 0.497 e. The van der Waals surface area contributed by atoms with Gasteiger partial charge in [-0.05, 0) is 49.3 Å². The molecule has 1 N–H and O–H groups in total. The van der Waals surface area contributed by atoms with Gasteiger partial charge in [-0.25, -0.2) is 4.98 Å². The fourth-order valence-corrected chi connectivity index (χ4v) is 3.84. The van der Waals surface area contributed by atoms with E-state index in [-0.39, 0.29) is 12.0 Å². The quantitative estimate of drug-likeness (QED) is 0.552. The molecule has 0 spiro atoms. The molecule has 33 heavy (non-hydrogen) atoms. The molecule has 0 radical (unpaired) electrons. The van der Waals surface area contributed by atoms with E-state index in [9.17, 15) is 0 Å². The number of morpholine rings is 1. The molecular formula is C24H34N4O4S. The third kappa shape index (κ3) is 7.17. The summed E-state index contributed by atoms with van der Waals surface area (Å²) in [6, 6.07) is 7.65. The molecule has 1 fully saturated rings. The number of thiocarbonyl (C=S) groups is 1. The standard InChI is InChI=1S/C24H34N4O4S/c1-16(2)23-26-17(3)12-22(27-23)32-15-20-14-28(10-11-31-20)24(33)25-9-8-18-13-19(29-4)6-7-21(18)30-5/h6-7,12-13,16,20H,8-11,14-15H2,1-5H3,(H,25,33). The average Bonchev–Trinajstić information content (AvgIpc) is 2.82. The first kappa shape index (κ1) is 25.0.